The van der Waals surface area contributed by atoms with Crippen molar-refractivity contribution in [1.82, 2.24) is 0 Å². The molecular weight excluding hydrogens is 166 g/mol. The molecule has 0 rings (SSSR count). The highest BCUT2D eigenvalue weighted by atomic mass is 28.4. The molecule has 0 aliphatic heterocycles. The van der Waals surface area contributed by atoms with Gasteiger partial charge in [0.2, 0.25) is 0 Å². The molecule has 12 heavy (non-hydrogen) atoms. The summed E-state index contributed by atoms with van der Waals surface area (Å²) < 4.78 is 5.67. The first-order valence-electron chi connectivity index (χ1n) is 4.59. The van der Waals surface area contributed by atoms with Crippen LogP contribution in [0.5, 0.6) is 0 Å². The van der Waals surface area contributed by atoms with Gasteiger partial charge in [0.15, 0.2) is 8.32 Å². The quantitative estimate of drug-likeness (QED) is 0.545. The van der Waals surface area contributed by atoms with Gasteiger partial charge < -0.3 is 10.2 Å². The minimum atomic E-state index is -1.62. The second-order valence-corrected chi connectivity index (χ2v) is 9.30. The SMILES string of the molecule is CC(C)C(C)(C)[Si](C)(C)OCN. The molecule has 74 valence electrons. The van der Waals surface area contributed by atoms with E-state index in [1.807, 2.05) is 0 Å². The Labute approximate surface area is 77.6 Å². The molecule has 0 unspecified atom stereocenters. The maximum absolute atomic E-state index is 5.67. The van der Waals surface area contributed by atoms with Crippen molar-refractivity contribution < 1.29 is 4.43 Å². The van der Waals surface area contributed by atoms with E-state index < -0.39 is 8.32 Å². The predicted octanol–water partition coefficient (Wildman–Crippen LogP) is 2.56. The smallest absolute Gasteiger partial charge is 0.194 e. The van der Waals surface area contributed by atoms with Crippen LogP contribution in [0, 0.1) is 5.92 Å². The highest BCUT2D eigenvalue weighted by Crippen LogP contribution is 2.44. The fraction of sp³-hybridized carbons (Fsp3) is 1.00. The van der Waals surface area contributed by atoms with Crippen LogP contribution in [0.25, 0.3) is 0 Å². The van der Waals surface area contributed by atoms with Gasteiger partial charge in [-0.25, -0.2) is 0 Å². The van der Waals surface area contributed by atoms with Crippen molar-refractivity contribution in [3.05, 3.63) is 0 Å². The molecule has 0 spiro atoms. The highest BCUT2D eigenvalue weighted by molar-refractivity contribution is 6.74. The molecule has 0 amide bonds. The molecule has 0 aliphatic rings. The Bertz CT molecular complexity index is 143. The molecule has 0 heterocycles. The molecule has 0 aliphatic carbocycles. The van der Waals surface area contributed by atoms with Gasteiger partial charge >= 0.3 is 0 Å². The number of nitrogens with two attached hydrogens (primary N) is 1. The highest BCUT2D eigenvalue weighted by Gasteiger charge is 2.42. The summed E-state index contributed by atoms with van der Waals surface area (Å²) in [4.78, 5) is 0. The van der Waals surface area contributed by atoms with Crippen LogP contribution >= 0.6 is 0 Å². The van der Waals surface area contributed by atoms with Crippen LogP contribution in [0.2, 0.25) is 18.1 Å². The van der Waals surface area contributed by atoms with Gasteiger partial charge in [0.1, 0.15) is 0 Å². The number of hydrogen-bond acceptors (Lipinski definition) is 2. The van der Waals surface area contributed by atoms with Crippen molar-refractivity contribution >= 4 is 8.32 Å². The predicted molar refractivity (Wildman–Crippen MR) is 56.5 cm³/mol. The first-order chi connectivity index (χ1) is 5.25. The Morgan fingerprint density at radius 2 is 1.75 bits per heavy atom. The summed E-state index contributed by atoms with van der Waals surface area (Å²) in [5.41, 5.74) is 5.42. The average molecular weight is 189 g/mol. The Hall–Kier alpha value is 0.137. The molecule has 0 saturated carbocycles. The molecule has 0 aromatic rings. The van der Waals surface area contributed by atoms with E-state index in [4.69, 9.17) is 10.2 Å². The lowest BCUT2D eigenvalue weighted by Gasteiger charge is -2.42. The molecule has 0 atom stereocenters. The van der Waals surface area contributed by atoms with Crippen LogP contribution in [0.3, 0.4) is 0 Å². The number of hydrogen-bond donors (Lipinski definition) is 1. The van der Waals surface area contributed by atoms with Crippen molar-refractivity contribution in [1.29, 1.82) is 0 Å². The third-order valence-electron chi connectivity index (χ3n) is 3.44. The molecule has 0 aromatic carbocycles. The minimum Gasteiger partial charge on any atom is -0.405 e. The number of rotatable bonds is 4. The monoisotopic (exact) mass is 189 g/mol. The zero-order valence-corrected chi connectivity index (χ0v) is 10.3. The van der Waals surface area contributed by atoms with Gasteiger partial charge in [0, 0.05) is 0 Å². The second-order valence-electron chi connectivity index (χ2n) is 4.70. The Balaban J connectivity index is 4.50. The van der Waals surface area contributed by atoms with Gasteiger partial charge in [-0.15, -0.1) is 0 Å². The Morgan fingerprint density at radius 3 is 2.00 bits per heavy atom. The first kappa shape index (κ1) is 12.1. The molecule has 0 aromatic heterocycles. The van der Waals surface area contributed by atoms with Gasteiger partial charge in [-0.05, 0) is 24.1 Å². The van der Waals surface area contributed by atoms with Crippen LogP contribution in [0.1, 0.15) is 27.7 Å². The Kier molecular flexibility index (Phi) is 3.94. The van der Waals surface area contributed by atoms with Gasteiger partial charge in [0.25, 0.3) is 0 Å². The Morgan fingerprint density at radius 1 is 1.33 bits per heavy atom. The van der Waals surface area contributed by atoms with Gasteiger partial charge in [0.05, 0.1) is 6.73 Å². The van der Waals surface area contributed by atoms with Crippen LogP contribution in [-0.2, 0) is 4.43 Å². The standard InChI is InChI=1S/C9H23NOSi/c1-8(2)9(3,4)12(5,6)11-7-10/h8H,7,10H2,1-6H3. The van der Waals surface area contributed by atoms with Crippen molar-refractivity contribution in [2.75, 3.05) is 6.73 Å². The van der Waals surface area contributed by atoms with E-state index in [2.05, 4.69) is 40.8 Å². The summed E-state index contributed by atoms with van der Waals surface area (Å²) in [5.74, 6) is 0.644. The minimum absolute atomic E-state index is 0.284. The van der Waals surface area contributed by atoms with Crippen LogP contribution in [-0.4, -0.2) is 15.0 Å². The lowest BCUT2D eigenvalue weighted by molar-refractivity contribution is 0.275. The third-order valence-corrected chi connectivity index (χ3v) is 8.01. The molecule has 0 fully saturated rings. The topological polar surface area (TPSA) is 35.2 Å². The average Bonchev–Trinajstić information content (AvgIpc) is 1.86. The maximum Gasteiger partial charge on any atom is 0.194 e. The summed E-state index contributed by atoms with van der Waals surface area (Å²) in [6.07, 6.45) is 0. The van der Waals surface area contributed by atoms with E-state index in [1.165, 1.54) is 0 Å². The van der Waals surface area contributed by atoms with Gasteiger partial charge in [-0.3, -0.25) is 0 Å². The summed E-state index contributed by atoms with van der Waals surface area (Å²) in [6.45, 7) is 13.9. The van der Waals surface area contributed by atoms with Crippen molar-refractivity contribution in [2.24, 2.45) is 11.7 Å². The lowest BCUT2D eigenvalue weighted by atomic mass is 9.99. The van der Waals surface area contributed by atoms with E-state index in [0.717, 1.165) is 0 Å². The molecule has 0 radical (unpaired) electrons. The third kappa shape index (κ3) is 2.31. The zero-order valence-electron chi connectivity index (χ0n) is 9.27. The normalized spacial score (nSPS) is 14.0. The van der Waals surface area contributed by atoms with Crippen LogP contribution < -0.4 is 5.73 Å². The molecule has 3 heteroatoms. The summed E-state index contributed by atoms with van der Waals surface area (Å²) >= 11 is 0. The van der Waals surface area contributed by atoms with Crippen molar-refractivity contribution in [3.8, 4) is 0 Å². The summed E-state index contributed by atoms with van der Waals surface area (Å²) in [6, 6.07) is 0. The molecule has 2 nitrogen and oxygen atoms in total. The van der Waals surface area contributed by atoms with E-state index in [1.54, 1.807) is 0 Å². The van der Waals surface area contributed by atoms with E-state index in [9.17, 15) is 0 Å². The van der Waals surface area contributed by atoms with Crippen molar-refractivity contribution in [2.45, 2.75) is 45.8 Å². The molecule has 0 bridgehead atoms. The van der Waals surface area contributed by atoms with E-state index >= 15 is 0 Å². The second kappa shape index (κ2) is 3.90. The fourth-order valence-electron chi connectivity index (χ4n) is 1.09. The maximum atomic E-state index is 5.67. The summed E-state index contributed by atoms with van der Waals surface area (Å²) in [5, 5.41) is 0.284. The lowest BCUT2D eigenvalue weighted by Crippen LogP contribution is -2.46. The molecular formula is C9H23NOSi. The van der Waals surface area contributed by atoms with Gasteiger partial charge in [-0.2, -0.15) is 0 Å². The van der Waals surface area contributed by atoms with Gasteiger partial charge in [-0.1, -0.05) is 27.7 Å². The van der Waals surface area contributed by atoms with E-state index in [-0.39, 0.29) is 5.04 Å². The van der Waals surface area contributed by atoms with E-state index in [0.29, 0.717) is 12.6 Å². The largest absolute Gasteiger partial charge is 0.405 e. The first-order valence-corrected chi connectivity index (χ1v) is 7.50. The zero-order chi connectivity index (χ0) is 9.99. The van der Waals surface area contributed by atoms with Crippen LogP contribution in [0.15, 0.2) is 0 Å². The molecule has 2 N–H and O–H groups in total. The molecule has 0 saturated heterocycles. The van der Waals surface area contributed by atoms with Crippen molar-refractivity contribution in [3.63, 3.8) is 0 Å². The fourth-order valence-corrected chi connectivity index (χ4v) is 3.27. The van der Waals surface area contributed by atoms with Crippen LogP contribution in [0.4, 0.5) is 0 Å². The summed E-state index contributed by atoms with van der Waals surface area (Å²) in [7, 11) is -1.62.